The van der Waals surface area contributed by atoms with E-state index in [1.54, 1.807) is 6.92 Å². The third-order valence-corrected chi connectivity index (χ3v) is 4.32. The fraction of sp³-hybridized carbons (Fsp3) is 0.571. The molecule has 0 atom stereocenters. The van der Waals surface area contributed by atoms with Crippen LogP contribution in [0.3, 0.4) is 0 Å². The highest BCUT2D eigenvalue weighted by Crippen LogP contribution is 2.45. The minimum absolute atomic E-state index is 0.0602. The van der Waals surface area contributed by atoms with E-state index in [9.17, 15) is 18.4 Å². The molecule has 0 N–H and O–H groups in total. The first kappa shape index (κ1) is 16.0. The van der Waals surface area contributed by atoms with Gasteiger partial charge in [0.25, 0.3) is 0 Å². The van der Waals surface area contributed by atoms with Gasteiger partial charge in [-0.15, -0.1) is 11.3 Å². The molecule has 0 amide bonds. The van der Waals surface area contributed by atoms with E-state index in [4.69, 9.17) is 0 Å². The van der Waals surface area contributed by atoms with Crippen molar-refractivity contribution in [3.05, 3.63) is 20.9 Å². The second-order valence-corrected chi connectivity index (χ2v) is 6.44. The molecular formula is C14H18F2O2S. The lowest BCUT2D eigenvalue weighted by molar-refractivity contribution is 0.0188. The van der Waals surface area contributed by atoms with E-state index < -0.39 is 22.9 Å². The van der Waals surface area contributed by atoms with E-state index in [1.807, 2.05) is 34.6 Å². The number of alkyl halides is 2. The van der Waals surface area contributed by atoms with Crippen molar-refractivity contribution in [1.82, 2.24) is 0 Å². The van der Waals surface area contributed by atoms with Gasteiger partial charge in [-0.3, -0.25) is 9.59 Å². The van der Waals surface area contributed by atoms with Gasteiger partial charge in [0.2, 0.25) is 11.6 Å². The van der Waals surface area contributed by atoms with E-state index in [-0.39, 0.29) is 11.1 Å². The molecule has 0 radical (unpaired) electrons. The average Bonchev–Trinajstić information content (AvgIpc) is 2.73. The number of carbonyl (C=O) groups is 2. The Morgan fingerprint density at radius 3 is 1.84 bits per heavy atom. The van der Waals surface area contributed by atoms with Crippen LogP contribution in [-0.2, 0) is 5.41 Å². The topological polar surface area (TPSA) is 34.1 Å². The van der Waals surface area contributed by atoms with Crippen molar-refractivity contribution in [2.24, 2.45) is 0 Å². The Bertz CT molecular complexity index is 536. The summed E-state index contributed by atoms with van der Waals surface area (Å²) in [5.74, 6) is -6.56. The molecule has 19 heavy (non-hydrogen) atoms. The Kier molecular flexibility index (Phi) is 4.01. The molecule has 106 valence electrons. The van der Waals surface area contributed by atoms with Crippen LogP contribution >= 0.6 is 11.3 Å². The predicted molar refractivity (Wildman–Crippen MR) is 72.7 cm³/mol. The van der Waals surface area contributed by atoms with Crippen LogP contribution in [0.1, 0.15) is 65.1 Å². The number of ketones is 2. The number of rotatable bonds is 0. The molecule has 0 fully saturated rings. The van der Waals surface area contributed by atoms with Crippen LogP contribution in [0.15, 0.2) is 0 Å². The molecule has 1 heterocycles. The molecule has 2 nitrogen and oxygen atoms in total. The number of thiophene rings is 1. The molecule has 0 aromatic carbocycles. The predicted octanol–water partition coefficient (Wildman–Crippen LogP) is 4.39. The van der Waals surface area contributed by atoms with Crippen LogP contribution in [0.25, 0.3) is 0 Å². The molecule has 0 bridgehead atoms. The quantitative estimate of drug-likeness (QED) is 0.663. The highest BCUT2D eigenvalue weighted by Gasteiger charge is 2.58. The molecule has 1 aromatic heterocycles. The molecule has 0 spiro atoms. The van der Waals surface area contributed by atoms with Crippen molar-refractivity contribution in [1.29, 1.82) is 0 Å². The van der Waals surface area contributed by atoms with Gasteiger partial charge in [-0.1, -0.05) is 34.6 Å². The first-order valence-corrected chi connectivity index (χ1v) is 7.01. The number of hydrogen-bond acceptors (Lipinski definition) is 3. The highest BCUT2D eigenvalue weighted by molar-refractivity contribution is 7.13. The molecule has 1 aliphatic rings. The van der Waals surface area contributed by atoms with Crippen LogP contribution < -0.4 is 0 Å². The number of hydrogen-bond donors (Lipinski definition) is 0. The Balaban J connectivity index is 0.000000861. The maximum Gasteiger partial charge on any atom is 0.371 e. The van der Waals surface area contributed by atoms with Gasteiger partial charge >= 0.3 is 5.92 Å². The van der Waals surface area contributed by atoms with Gasteiger partial charge in [-0.05, 0) is 12.3 Å². The number of fused-ring (bicyclic) bond motifs is 1. The largest absolute Gasteiger partial charge is 0.371 e. The van der Waals surface area contributed by atoms with Gasteiger partial charge in [0.1, 0.15) is 0 Å². The number of halogens is 2. The summed E-state index contributed by atoms with van der Waals surface area (Å²) in [5.41, 5.74) is -0.552. The SMILES string of the molecule is CC.Cc1sc(C(C)(C)C)c2c1C(=O)C(F)(F)C2=O. The van der Waals surface area contributed by atoms with Crippen LogP contribution in [0.5, 0.6) is 0 Å². The van der Waals surface area contributed by atoms with E-state index in [1.165, 1.54) is 11.3 Å². The molecule has 2 rings (SSSR count). The van der Waals surface area contributed by atoms with Gasteiger partial charge in [0.15, 0.2) is 0 Å². The van der Waals surface area contributed by atoms with Crippen LogP contribution in [0.2, 0.25) is 0 Å². The maximum atomic E-state index is 13.4. The van der Waals surface area contributed by atoms with E-state index in [0.29, 0.717) is 9.75 Å². The van der Waals surface area contributed by atoms with Crippen molar-refractivity contribution >= 4 is 22.9 Å². The summed E-state index contributed by atoms with van der Waals surface area (Å²) in [6.45, 7) is 11.1. The molecule has 5 heteroatoms. The Morgan fingerprint density at radius 1 is 1.00 bits per heavy atom. The second kappa shape index (κ2) is 4.78. The Hall–Kier alpha value is -1.10. The fourth-order valence-corrected chi connectivity index (χ4v) is 3.19. The molecule has 0 saturated heterocycles. The summed E-state index contributed by atoms with van der Waals surface area (Å²) >= 11 is 1.26. The fourth-order valence-electron chi connectivity index (χ4n) is 1.98. The summed E-state index contributed by atoms with van der Waals surface area (Å²) in [6, 6.07) is 0. The average molecular weight is 288 g/mol. The summed E-state index contributed by atoms with van der Waals surface area (Å²) in [7, 11) is 0. The number of aryl methyl sites for hydroxylation is 1. The van der Waals surface area contributed by atoms with Crippen molar-refractivity contribution in [2.75, 3.05) is 0 Å². The lowest BCUT2D eigenvalue weighted by Crippen LogP contribution is -2.31. The Labute approximate surface area is 115 Å². The molecular weight excluding hydrogens is 270 g/mol. The number of Topliss-reactive ketones (excluding diaryl/α,β-unsaturated/α-hetero) is 2. The van der Waals surface area contributed by atoms with Gasteiger partial charge in [0.05, 0.1) is 5.56 Å². The zero-order valence-corrected chi connectivity index (χ0v) is 12.8. The smallest absolute Gasteiger partial charge is 0.287 e. The highest BCUT2D eigenvalue weighted by atomic mass is 32.1. The van der Waals surface area contributed by atoms with E-state index in [0.717, 1.165) is 0 Å². The first-order chi connectivity index (χ1) is 8.58. The maximum absolute atomic E-state index is 13.4. The van der Waals surface area contributed by atoms with Gasteiger partial charge < -0.3 is 0 Å². The molecule has 0 aliphatic heterocycles. The van der Waals surface area contributed by atoms with Crippen molar-refractivity contribution in [3.8, 4) is 0 Å². The van der Waals surface area contributed by atoms with Gasteiger partial charge in [0, 0.05) is 15.3 Å². The van der Waals surface area contributed by atoms with Crippen molar-refractivity contribution < 1.29 is 18.4 Å². The third-order valence-electron chi connectivity index (χ3n) is 2.79. The standard InChI is InChI=1S/C12H12F2O2S.C2H6/c1-5-6-7(10(17-5)11(2,3)4)9(16)12(13,14)8(6)15;1-2/h1-4H3;1-2H3. The first-order valence-electron chi connectivity index (χ1n) is 6.19. The minimum Gasteiger partial charge on any atom is -0.287 e. The lowest BCUT2D eigenvalue weighted by atomic mass is 9.90. The van der Waals surface area contributed by atoms with Gasteiger partial charge in [-0.25, -0.2) is 0 Å². The lowest BCUT2D eigenvalue weighted by Gasteiger charge is -2.18. The summed E-state index contributed by atoms with van der Waals surface area (Å²) < 4.78 is 26.8. The van der Waals surface area contributed by atoms with Gasteiger partial charge in [-0.2, -0.15) is 8.78 Å². The second-order valence-electron chi connectivity index (χ2n) is 5.22. The molecule has 1 aliphatic carbocycles. The minimum atomic E-state index is -3.87. The molecule has 0 saturated carbocycles. The van der Waals surface area contributed by atoms with E-state index in [2.05, 4.69) is 0 Å². The van der Waals surface area contributed by atoms with Crippen LogP contribution in [0.4, 0.5) is 8.78 Å². The van der Waals surface area contributed by atoms with E-state index >= 15 is 0 Å². The monoisotopic (exact) mass is 288 g/mol. The number of carbonyl (C=O) groups excluding carboxylic acids is 2. The summed E-state index contributed by atoms with van der Waals surface area (Å²) in [5, 5.41) is 0. The summed E-state index contributed by atoms with van der Waals surface area (Å²) in [6.07, 6.45) is 0. The Morgan fingerprint density at radius 2 is 1.42 bits per heavy atom. The summed E-state index contributed by atoms with van der Waals surface area (Å²) in [4.78, 5) is 24.2. The van der Waals surface area contributed by atoms with Crippen LogP contribution in [0, 0.1) is 6.92 Å². The van der Waals surface area contributed by atoms with Crippen molar-refractivity contribution in [2.45, 2.75) is 52.9 Å². The zero-order chi connectivity index (χ0) is 15.2. The van der Waals surface area contributed by atoms with Crippen LogP contribution in [-0.4, -0.2) is 17.5 Å². The normalized spacial score (nSPS) is 17.1. The molecule has 1 aromatic rings. The third kappa shape index (κ3) is 2.24. The zero-order valence-electron chi connectivity index (χ0n) is 12.0. The molecule has 0 unspecified atom stereocenters. The van der Waals surface area contributed by atoms with Crippen molar-refractivity contribution in [3.63, 3.8) is 0 Å².